The largest absolute Gasteiger partial charge is 0.494 e. The summed E-state index contributed by atoms with van der Waals surface area (Å²) in [5.74, 6) is 0.648. The van der Waals surface area contributed by atoms with Gasteiger partial charge in [-0.2, -0.15) is 8.61 Å². The van der Waals surface area contributed by atoms with E-state index in [4.69, 9.17) is 4.74 Å². The van der Waals surface area contributed by atoms with Gasteiger partial charge in [-0.1, -0.05) is 0 Å². The Hall–Kier alpha value is -1.95. The van der Waals surface area contributed by atoms with E-state index in [1.807, 2.05) is 6.92 Å². The molecule has 1 saturated heterocycles. The van der Waals surface area contributed by atoms with Crippen LogP contribution >= 0.6 is 0 Å². The lowest BCUT2D eigenvalue weighted by molar-refractivity contribution is 0.337. The van der Waals surface area contributed by atoms with Crippen molar-refractivity contribution in [1.29, 1.82) is 0 Å². The summed E-state index contributed by atoms with van der Waals surface area (Å²) in [7, 11) is -5.79. The number of imidazole rings is 1. The van der Waals surface area contributed by atoms with Gasteiger partial charge in [0.15, 0.2) is 5.03 Å². The second kappa shape index (κ2) is 8.42. The first-order valence-corrected chi connectivity index (χ1v) is 12.3. The molecule has 0 unspecified atom stereocenters. The number of benzene rings is 1. The first-order chi connectivity index (χ1) is 13.7. The fraction of sp³-hybridized carbons (Fsp3) is 0.500. The topological polar surface area (TPSA) is 102 Å². The van der Waals surface area contributed by atoms with Crippen LogP contribution in [0.3, 0.4) is 0 Å². The monoisotopic (exact) mass is 442 g/mol. The third kappa shape index (κ3) is 4.47. The van der Waals surface area contributed by atoms with Gasteiger partial charge in [-0.25, -0.2) is 21.8 Å². The summed E-state index contributed by atoms with van der Waals surface area (Å²) in [6, 6.07) is 4.77. The van der Waals surface area contributed by atoms with Crippen molar-refractivity contribution < 1.29 is 21.6 Å². The Kier molecular flexibility index (Phi) is 6.32. The molecule has 9 nitrogen and oxygen atoms in total. The molecule has 1 fully saturated rings. The number of aryl methyl sites for hydroxylation is 2. The van der Waals surface area contributed by atoms with Gasteiger partial charge in [-0.3, -0.25) is 0 Å². The molecule has 11 heteroatoms. The number of sulfonamides is 2. The number of hydrogen-bond acceptors (Lipinski definition) is 6. The van der Waals surface area contributed by atoms with E-state index in [0.29, 0.717) is 18.8 Å². The van der Waals surface area contributed by atoms with Gasteiger partial charge in [0.25, 0.3) is 10.0 Å². The molecule has 0 saturated carbocycles. The summed E-state index contributed by atoms with van der Waals surface area (Å²) in [5.41, 5.74) is 0.738. The summed E-state index contributed by atoms with van der Waals surface area (Å²) in [6.45, 7) is 4.82. The maximum absolute atomic E-state index is 13.1. The van der Waals surface area contributed by atoms with E-state index in [1.54, 1.807) is 30.7 Å². The standard InChI is InChI=1S/C18H26N4O5S2/c1-4-27-17-7-6-16(12-15(17)2)28(23,24)21-8-5-9-22(11-10-21)29(25,26)18-13-20(3)14-19-18/h6-7,12-14H,4-5,8-11H2,1-3H3. The molecule has 0 bridgehead atoms. The number of rotatable bonds is 6. The van der Waals surface area contributed by atoms with Gasteiger partial charge in [-0.05, 0) is 44.0 Å². The lowest BCUT2D eigenvalue weighted by atomic mass is 10.2. The molecule has 0 radical (unpaired) electrons. The third-order valence-corrected chi connectivity index (χ3v) is 8.46. The highest BCUT2D eigenvalue weighted by atomic mass is 32.2. The molecule has 29 heavy (non-hydrogen) atoms. The molecule has 1 aliphatic heterocycles. The second-order valence-corrected chi connectivity index (χ2v) is 10.7. The maximum atomic E-state index is 13.1. The Morgan fingerprint density at radius 2 is 1.69 bits per heavy atom. The van der Waals surface area contributed by atoms with Crippen molar-refractivity contribution in [3.05, 3.63) is 36.3 Å². The van der Waals surface area contributed by atoms with Gasteiger partial charge < -0.3 is 9.30 Å². The Balaban J connectivity index is 1.79. The van der Waals surface area contributed by atoms with Gasteiger partial charge in [0.2, 0.25) is 10.0 Å². The molecule has 2 heterocycles. The average molecular weight is 443 g/mol. The molecular weight excluding hydrogens is 416 g/mol. The lowest BCUT2D eigenvalue weighted by Crippen LogP contribution is -2.37. The summed E-state index contributed by atoms with van der Waals surface area (Å²) in [5, 5.41) is -0.0292. The van der Waals surface area contributed by atoms with Crippen LogP contribution in [0.5, 0.6) is 5.75 Å². The minimum Gasteiger partial charge on any atom is -0.494 e. The molecule has 0 aliphatic carbocycles. The Morgan fingerprint density at radius 3 is 2.24 bits per heavy atom. The minimum absolute atomic E-state index is 0.0292. The van der Waals surface area contributed by atoms with E-state index >= 15 is 0 Å². The van der Waals surface area contributed by atoms with Crippen molar-refractivity contribution in [2.45, 2.75) is 30.2 Å². The fourth-order valence-corrected chi connectivity index (χ4v) is 6.25. The van der Waals surface area contributed by atoms with Crippen molar-refractivity contribution in [2.75, 3.05) is 32.8 Å². The van der Waals surface area contributed by atoms with E-state index in [-0.39, 0.29) is 36.1 Å². The van der Waals surface area contributed by atoms with Crippen LogP contribution in [-0.2, 0) is 27.1 Å². The van der Waals surface area contributed by atoms with Gasteiger partial charge in [0.05, 0.1) is 17.8 Å². The highest BCUT2D eigenvalue weighted by molar-refractivity contribution is 7.89. The van der Waals surface area contributed by atoms with E-state index in [1.165, 1.54) is 27.2 Å². The number of hydrogen-bond donors (Lipinski definition) is 0. The number of aromatic nitrogens is 2. The van der Waals surface area contributed by atoms with Crippen molar-refractivity contribution in [2.24, 2.45) is 7.05 Å². The molecule has 1 aliphatic rings. The van der Waals surface area contributed by atoms with Crippen LogP contribution in [0.2, 0.25) is 0 Å². The molecule has 0 atom stereocenters. The maximum Gasteiger partial charge on any atom is 0.262 e. The van der Waals surface area contributed by atoms with Gasteiger partial charge in [-0.15, -0.1) is 0 Å². The first-order valence-electron chi connectivity index (χ1n) is 9.38. The zero-order chi connectivity index (χ0) is 21.2. The smallest absolute Gasteiger partial charge is 0.262 e. The molecular formula is C18H26N4O5S2. The summed E-state index contributed by atoms with van der Waals surface area (Å²) >= 11 is 0. The molecule has 160 valence electrons. The third-order valence-electron chi connectivity index (χ3n) is 4.78. The molecule has 3 rings (SSSR count). The van der Waals surface area contributed by atoms with E-state index in [0.717, 1.165) is 5.56 Å². The van der Waals surface area contributed by atoms with Gasteiger partial charge in [0.1, 0.15) is 5.75 Å². The van der Waals surface area contributed by atoms with Crippen molar-refractivity contribution >= 4 is 20.0 Å². The molecule has 1 aromatic heterocycles. The highest BCUT2D eigenvalue weighted by Crippen LogP contribution is 2.25. The van der Waals surface area contributed by atoms with E-state index in [2.05, 4.69) is 4.98 Å². The van der Waals surface area contributed by atoms with Crippen LogP contribution in [0.4, 0.5) is 0 Å². The van der Waals surface area contributed by atoms with Crippen molar-refractivity contribution in [3.63, 3.8) is 0 Å². The minimum atomic E-state index is -3.75. The van der Waals surface area contributed by atoms with Gasteiger partial charge >= 0.3 is 0 Å². The quantitative estimate of drug-likeness (QED) is 0.666. The Labute approximate surface area is 172 Å². The van der Waals surface area contributed by atoms with Gasteiger partial charge in [0, 0.05) is 39.4 Å². The summed E-state index contributed by atoms with van der Waals surface area (Å²) in [4.78, 5) is 4.11. The number of ether oxygens (including phenoxy) is 1. The molecule has 1 aromatic carbocycles. The Bertz CT molecular complexity index is 1080. The zero-order valence-electron chi connectivity index (χ0n) is 16.8. The fourth-order valence-electron chi connectivity index (χ4n) is 3.25. The number of nitrogens with zero attached hydrogens (tertiary/aromatic N) is 4. The van der Waals surface area contributed by atoms with Crippen LogP contribution in [0, 0.1) is 6.92 Å². The normalized spacial score (nSPS) is 17.2. The lowest BCUT2D eigenvalue weighted by Gasteiger charge is -2.21. The zero-order valence-corrected chi connectivity index (χ0v) is 18.4. The second-order valence-electron chi connectivity index (χ2n) is 6.90. The van der Waals surface area contributed by atoms with E-state index < -0.39 is 20.0 Å². The van der Waals surface area contributed by atoms with Crippen LogP contribution < -0.4 is 4.74 Å². The Morgan fingerprint density at radius 1 is 1.03 bits per heavy atom. The van der Waals surface area contributed by atoms with Crippen molar-refractivity contribution in [1.82, 2.24) is 18.2 Å². The molecule has 0 spiro atoms. The van der Waals surface area contributed by atoms with Crippen LogP contribution in [0.1, 0.15) is 18.9 Å². The predicted molar refractivity (Wildman–Crippen MR) is 108 cm³/mol. The summed E-state index contributed by atoms with van der Waals surface area (Å²) < 4.78 is 61.5. The highest BCUT2D eigenvalue weighted by Gasteiger charge is 2.32. The molecule has 2 aromatic rings. The van der Waals surface area contributed by atoms with Crippen LogP contribution in [0.15, 0.2) is 40.6 Å². The first kappa shape index (κ1) is 21.8. The van der Waals surface area contributed by atoms with Crippen molar-refractivity contribution in [3.8, 4) is 5.75 Å². The molecule has 0 N–H and O–H groups in total. The predicted octanol–water partition coefficient (Wildman–Crippen LogP) is 1.21. The van der Waals surface area contributed by atoms with Crippen LogP contribution in [-0.4, -0.2) is 67.8 Å². The SMILES string of the molecule is CCOc1ccc(S(=O)(=O)N2CCCN(S(=O)(=O)c3cn(C)cn3)CC2)cc1C. The van der Waals surface area contributed by atoms with E-state index in [9.17, 15) is 16.8 Å². The van der Waals surface area contributed by atoms with Crippen LogP contribution in [0.25, 0.3) is 0 Å². The average Bonchev–Trinajstić information content (AvgIpc) is 2.95. The summed E-state index contributed by atoms with van der Waals surface area (Å²) in [6.07, 6.45) is 3.27. The molecule has 0 amide bonds.